The Kier molecular flexibility index (Phi) is 6.35. The van der Waals surface area contributed by atoms with Crippen LogP contribution in [-0.4, -0.2) is 24.3 Å². The van der Waals surface area contributed by atoms with Gasteiger partial charge in [0.2, 0.25) is 0 Å². The van der Waals surface area contributed by atoms with E-state index in [2.05, 4.69) is 33.0 Å². The molecule has 2 nitrogen and oxygen atoms in total. The van der Waals surface area contributed by atoms with Gasteiger partial charge in [0.15, 0.2) is 0 Å². The van der Waals surface area contributed by atoms with Crippen molar-refractivity contribution in [3.8, 4) is 0 Å². The SMILES string of the molecule is CCCC(O)CNCCC(C)(C)C. The molecule has 80 valence electrons. The first-order valence-corrected chi connectivity index (χ1v) is 5.34. The Morgan fingerprint density at radius 2 is 1.92 bits per heavy atom. The van der Waals surface area contributed by atoms with E-state index in [-0.39, 0.29) is 6.10 Å². The maximum absolute atomic E-state index is 9.42. The van der Waals surface area contributed by atoms with Crippen LogP contribution in [0.4, 0.5) is 0 Å². The number of hydrogen-bond donors (Lipinski definition) is 2. The van der Waals surface area contributed by atoms with Gasteiger partial charge >= 0.3 is 0 Å². The monoisotopic (exact) mass is 187 g/mol. The lowest BCUT2D eigenvalue weighted by Gasteiger charge is -2.19. The molecule has 0 rings (SSSR count). The first-order chi connectivity index (χ1) is 5.95. The summed E-state index contributed by atoms with van der Waals surface area (Å²) in [5, 5.41) is 12.7. The van der Waals surface area contributed by atoms with Crippen molar-refractivity contribution in [2.75, 3.05) is 13.1 Å². The fraction of sp³-hybridized carbons (Fsp3) is 1.00. The Labute approximate surface area is 82.7 Å². The molecule has 0 aliphatic carbocycles. The van der Waals surface area contributed by atoms with Gasteiger partial charge in [-0.3, -0.25) is 0 Å². The van der Waals surface area contributed by atoms with Gasteiger partial charge < -0.3 is 10.4 Å². The predicted molar refractivity (Wildman–Crippen MR) is 57.9 cm³/mol. The molecule has 2 N–H and O–H groups in total. The molecule has 0 aliphatic rings. The van der Waals surface area contributed by atoms with Gasteiger partial charge in [0.05, 0.1) is 6.10 Å². The van der Waals surface area contributed by atoms with Crippen LogP contribution in [0, 0.1) is 5.41 Å². The lowest BCUT2D eigenvalue weighted by molar-refractivity contribution is 0.159. The van der Waals surface area contributed by atoms with Crippen molar-refractivity contribution in [1.82, 2.24) is 5.32 Å². The van der Waals surface area contributed by atoms with Crippen molar-refractivity contribution in [3.63, 3.8) is 0 Å². The van der Waals surface area contributed by atoms with Crippen LogP contribution in [0.1, 0.15) is 47.0 Å². The first kappa shape index (κ1) is 12.9. The second-order valence-corrected chi connectivity index (χ2v) is 4.96. The van der Waals surface area contributed by atoms with Crippen LogP contribution in [0.2, 0.25) is 0 Å². The molecule has 0 amide bonds. The predicted octanol–water partition coefficient (Wildman–Crippen LogP) is 2.17. The summed E-state index contributed by atoms with van der Waals surface area (Å²) in [6.07, 6.45) is 2.96. The fourth-order valence-electron chi connectivity index (χ4n) is 1.17. The Bertz CT molecular complexity index is 118. The molecule has 0 aromatic rings. The highest BCUT2D eigenvalue weighted by Crippen LogP contribution is 2.16. The van der Waals surface area contributed by atoms with Gasteiger partial charge in [-0.1, -0.05) is 34.1 Å². The van der Waals surface area contributed by atoms with E-state index < -0.39 is 0 Å². The normalized spacial score (nSPS) is 14.5. The Morgan fingerprint density at radius 1 is 1.31 bits per heavy atom. The van der Waals surface area contributed by atoms with E-state index in [1.54, 1.807) is 0 Å². The molecule has 0 aromatic carbocycles. The minimum Gasteiger partial charge on any atom is -0.392 e. The van der Waals surface area contributed by atoms with Crippen LogP contribution < -0.4 is 5.32 Å². The van der Waals surface area contributed by atoms with Crippen molar-refractivity contribution >= 4 is 0 Å². The first-order valence-electron chi connectivity index (χ1n) is 5.34. The summed E-state index contributed by atoms with van der Waals surface area (Å²) >= 11 is 0. The summed E-state index contributed by atoms with van der Waals surface area (Å²) < 4.78 is 0. The Balaban J connectivity index is 3.25. The zero-order valence-corrected chi connectivity index (χ0v) is 9.56. The summed E-state index contributed by atoms with van der Waals surface area (Å²) in [6, 6.07) is 0. The van der Waals surface area contributed by atoms with Crippen LogP contribution in [0.5, 0.6) is 0 Å². The second kappa shape index (κ2) is 6.39. The van der Waals surface area contributed by atoms with E-state index in [1.165, 1.54) is 0 Å². The average molecular weight is 187 g/mol. The number of hydrogen-bond acceptors (Lipinski definition) is 2. The molecule has 0 fully saturated rings. The minimum absolute atomic E-state index is 0.162. The number of nitrogens with one attached hydrogen (secondary N) is 1. The quantitative estimate of drug-likeness (QED) is 0.625. The van der Waals surface area contributed by atoms with Crippen molar-refractivity contribution in [2.24, 2.45) is 5.41 Å². The molecule has 2 heteroatoms. The van der Waals surface area contributed by atoms with Gasteiger partial charge in [-0.05, 0) is 24.8 Å². The largest absolute Gasteiger partial charge is 0.392 e. The van der Waals surface area contributed by atoms with E-state index in [0.717, 1.165) is 32.4 Å². The van der Waals surface area contributed by atoms with E-state index in [0.29, 0.717) is 5.41 Å². The number of rotatable bonds is 6. The number of aliphatic hydroxyl groups excluding tert-OH is 1. The van der Waals surface area contributed by atoms with Crippen LogP contribution in [0.3, 0.4) is 0 Å². The molecule has 0 saturated heterocycles. The fourth-order valence-corrected chi connectivity index (χ4v) is 1.17. The Morgan fingerprint density at radius 3 is 2.38 bits per heavy atom. The molecule has 0 radical (unpaired) electrons. The summed E-state index contributed by atoms with van der Waals surface area (Å²) in [7, 11) is 0. The maximum Gasteiger partial charge on any atom is 0.0664 e. The summed E-state index contributed by atoms with van der Waals surface area (Å²) in [5.74, 6) is 0. The summed E-state index contributed by atoms with van der Waals surface area (Å²) in [5.41, 5.74) is 0.392. The van der Waals surface area contributed by atoms with E-state index in [1.807, 2.05) is 0 Å². The second-order valence-electron chi connectivity index (χ2n) is 4.96. The van der Waals surface area contributed by atoms with Crippen molar-refractivity contribution < 1.29 is 5.11 Å². The molecular weight excluding hydrogens is 162 g/mol. The molecular formula is C11H25NO. The highest BCUT2D eigenvalue weighted by Gasteiger charge is 2.09. The highest BCUT2D eigenvalue weighted by atomic mass is 16.3. The Hall–Kier alpha value is -0.0800. The number of aliphatic hydroxyl groups is 1. The molecule has 0 aromatic heterocycles. The third kappa shape index (κ3) is 9.84. The van der Waals surface area contributed by atoms with E-state index >= 15 is 0 Å². The molecule has 0 aliphatic heterocycles. The van der Waals surface area contributed by atoms with Crippen LogP contribution >= 0.6 is 0 Å². The van der Waals surface area contributed by atoms with Crippen LogP contribution in [0.15, 0.2) is 0 Å². The smallest absolute Gasteiger partial charge is 0.0664 e. The minimum atomic E-state index is -0.162. The van der Waals surface area contributed by atoms with Crippen molar-refractivity contribution in [3.05, 3.63) is 0 Å². The van der Waals surface area contributed by atoms with E-state index in [4.69, 9.17) is 0 Å². The third-order valence-corrected chi connectivity index (χ3v) is 2.05. The molecule has 0 heterocycles. The van der Waals surface area contributed by atoms with Gasteiger partial charge in [-0.15, -0.1) is 0 Å². The molecule has 13 heavy (non-hydrogen) atoms. The topological polar surface area (TPSA) is 32.3 Å². The third-order valence-electron chi connectivity index (χ3n) is 2.05. The molecule has 0 saturated carbocycles. The lowest BCUT2D eigenvalue weighted by Crippen LogP contribution is -2.29. The molecule has 1 atom stereocenters. The van der Waals surface area contributed by atoms with Gasteiger partial charge in [0.1, 0.15) is 0 Å². The molecule has 0 bridgehead atoms. The van der Waals surface area contributed by atoms with Crippen LogP contribution in [-0.2, 0) is 0 Å². The lowest BCUT2D eigenvalue weighted by atomic mass is 9.92. The van der Waals surface area contributed by atoms with Gasteiger partial charge in [-0.2, -0.15) is 0 Å². The highest BCUT2D eigenvalue weighted by molar-refractivity contribution is 4.65. The molecule has 1 unspecified atom stereocenters. The maximum atomic E-state index is 9.42. The zero-order valence-electron chi connectivity index (χ0n) is 9.56. The standard InChI is InChI=1S/C11H25NO/c1-5-6-10(13)9-12-8-7-11(2,3)4/h10,12-13H,5-9H2,1-4H3. The zero-order chi connectivity index (χ0) is 10.3. The summed E-state index contributed by atoms with van der Waals surface area (Å²) in [4.78, 5) is 0. The van der Waals surface area contributed by atoms with Crippen molar-refractivity contribution in [2.45, 2.75) is 53.1 Å². The summed E-state index contributed by atoms with van der Waals surface area (Å²) in [6.45, 7) is 10.5. The van der Waals surface area contributed by atoms with Gasteiger partial charge in [0.25, 0.3) is 0 Å². The molecule has 0 spiro atoms. The van der Waals surface area contributed by atoms with Gasteiger partial charge in [0, 0.05) is 6.54 Å². The van der Waals surface area contributed by atoms with Crippen molar-refractivity contribution in [1.29, 1.82) is 0 Å². The average Bonchev–Trinajstić information content (AvgIpc) is 1.97. The van der Waals surface area contributed by atoms with E-state index in [9.17, 15) is 5.11 Å². The van der Waals surface area contributed by atoms with Crippen LogP contribution in [0.25, 0.3) is 0 Å². The van der Waals surface area contributed by atoms with Gasteiger partial charge in [-0.25, -0.2) is 0 Å².